The van der Waals surface area contributed by atoms with E-state index in [0.717, 1.165) is 15.8 Å². The zero-order valence-corrected chi connectivity index (χ0v) is 17.4. The van der Waals surface area contributed by atoms with Crippen LogP contribution in [0.3, 0.4) is 0 Å². The highest BCUT2D eigenvalue weighted by molar-refractivity contribution is 7.91. The van der Waals surface area contributed by atoms with E-state index in [1.165, 1.54) is 11.3 Å². The molecule has 1 atom stereocenters. The Labute approximate surface area is 173 Å². The monoisotopic (exact) mass is 421 g/mol. The number of carbonyl (C=O) groups is 1. The third kappa shape index (κ3) is 4.13. The zero-order valence-electron chi connectivity index (χ0n) is 15.8. The predicted molar refractivity (Wildman–Crippen MR) is 116 cm³/mol. The van der Waals surface area contributed by atoms with E-state index in [1.807, 2.05) is 49.4 Å². The van der Waals surface area contributed by atoms with Gasteiger partial charge >= 0.3 is 0 Å². The van der Waals surface area contributed by atoms with Crippen molar-refractivity contribution in [2.75, 3.05) is 5.75 Å². The summed E-state index contributed by atoms with van der Waals surface area (Å²) in [5.41, 5.74) is 2.40. The van der Waals surface area contributed by atoms with Crippen LogP contribution in [0.15, 0.2) is 83.8 Å². The SMILES string of the molecule is Cc1ccc(S(=O)(=O)CC(C(=O)c2nc3ccccc3s2)c2ccccc2)cc1. The van der Waals surface area contributed by atoms with E-state index >= 15 is 0 Å². The summed E-state index contributed by atoms with van der Waals surface area (Å²) < 4.78 is 27.0. The fourth-order valence-corrected chi connectivity index (χ4v) is 5.68. The number of thiazole rings is 1. The fraction of sp³-hybridized carbons (Fsp3) is 0.130. The molecule has 0 N–H and O–H groups in total. The van der Waals surface area contributed by atoms with Crippen LogP contribution in [0.2, 0.25) is 0 Å². The molecule has 4 nitrogen and oxygen atoms in total. The van der Waals surface area contributed by atoms with Crippen LogP contribution in [0.25, 0.3) is 10.2 Å². The van der Waals surface area contributed by atoms with Gasteiger partial charge in [-0.2, -0.15) is 0 Å². The number of carbonyl (C=O) groups excluding carboxylic acids is 1. The smallest absolute Gasteiger partial charge is 0.199 e. The molecule has 0 bridgehead atoms. The van der Waals surface area contributed by atoms with Crippen molar-refractivity contribution in [1.29, 1.82) is 0 Å². The molecule has 6 heteroatoms. The third-order valence-corrected chi connectivity index (χ3v) is 7.60. The van der Waals surface area contributed by atoms with Crippen LogP contribution in [0.4, 0.5) is 0 Å². The summed E-state index contributed by atoms with van der Waals surface area (Å²) in [7, 11) is -3.65. The molecule has 0 saturated carbocycles. The van der Waals surface area contributed by atoms with Crippen molar-refractivity contribution < 1.29 is 13.2 Å². The Hall–Kier alpha value is -2.83. The minimum atomic E-state index is -3.65. The van der Waals surface area contributed by atoms with E-state index in [9.17, 15) is 13.2 Å². The average molecular weight is 422 g/mol. The molecule has 0 aliphatic rings. The summed E-state index contributed by atoms with van der Waals surface area (Å²) in [6, 6.07) is 23.3. The number of fused-ring (bicyclic) bond motifs is 1. The van der Waals surface area contributed by atoms with E-state index in [1.54, 1.807) is 36.4 Å². The van der Waals surface area contributed by atoms with Crippen molar-refractivity contribution in [3.05, 3.63) is 95.0 Å². The lowest BCUT2D eigenvalue weighted by Gasteiger charge is -2.15. The second-order valence-electron chi connectivity index (χ2n) is 6.91. The lowest BCUT2D eigenvalue weighted by Crippen LogP contribution is -2.22. The highest BCUT2D eigenvalue weighted by Gasteiger charge is 2.30. The Bertz CT molecular complexity index is 1230. The molecule has 29 heavy (non-hydrogen) atoms. The van der Waals surface area contributed by atoms with Crippen LogP contribution in [-0.2, 0) is 9.84 Å². The number of benzene rings is 3. The number of nitrogens with zero attached hydrogens (tertiary/aromatic N) is 1. The molecule has 0 amide bonds. The molecular weight excluding hydrogens is 402 g/mol. The molecule has 0 saturated heterocycles. The summed E-state index contributed by atoms with van der Waals surface area (Å²) in [4.78, 5) is 18.0. The summed E-state index contributed by atoms with van der Waals surface area (Å²) in [6.07, 6.45) is 0. The van der Waals surface area contributed by atoms with Crippen molar-refractivity contribution in [2.45, 2.75) is 17.7 Å². The Balaban J connectivity index is 1.74. The first-order valence-corrected chi connectivity index (χ1v) is 11.6. The summed E-state index contributed by atoms with van der Waals surface area (Å²) in [5, 5.41) is 0.333. The lowest BCUT2D eigenvalue weighted by atomic mass is 9.97. The topological polar surface area (TPSA) is 64.1 Å². The van der Waals surface area contributed by atoms with E-state index in [2.05, 4.69) is 4.98 Å². The molecule has 4 aromatic rings. The normalized spacial score (nSPS) is 12.7. The van der Waals surface area contributed by atoms with Gasteiger partial charge in [0.1, 0.15) is 0 Å². The van der Waals surface area contributed by atoms with Crippen LogP contribution < -0.4 is 0 Å². The molecule has 0 aliphatic heterocycles. The number of ketones is 1. The lowest BCUT2D eigenvalue weighted by molar-refractivity contribution is 0.0967. The molecule has 1 aromatic heterocycles. The Kier molecular flexibility index (Phi) is 5.30. The van der Waals surface area contributed by atoms with Crippen molar-refractivity contribution >= 4 is 37.2 Å². The van der Waals surface area contributed by atoms with Gasteiger partial charge in [0.2, 0.25) is 0 Å². The number of aromatic nitrogens is 1. The van der Waals surface area contributed by atoms with Crippen LogP contribution in [0, 0.1) is 6.92 Å². The maximum atomic E-state index is 13.4. The van der Waals surface area contributed by atoms with Gasteiger partial charge in [-0.3, -0.25) is 4.79 Å². The first kappa shape index (κ1) is 19.5. The number of rotatable bonds is 6. The van der Waals surface area contributed by atoms with Crippen molar-refractivity contribution in [1.82, 2.24) is 4.98 Å². The summed E-state index contributed by atoms with van der Waals surface area (Å²) in [5.74, 6) is -1.38. The number of Topliss-reactive ketones (excluding diaryl/α,β-unsaturated/α-hetero) is 1. The number of aryl methyl sites for hydroxylation is 1. The van der Waals surface area contributed by atoms with Crippen LogP contribution in [-0.4, -0.2) is 24.9 Å². The molecule has 0 aliphatic carbocycles. The number of sulfone groups is 1. The number of hydrogen-bond acceptors (Lipinski definition) is 5. The van der Waals surface area contributed by atoms with E-state index in [-0.39, 0.29) is 16.4 Å². The van der Waals surface area contributed by atoms with Crippen LogP contribution in [0.5, 0.6) is 0 Å². The Morgan fingerprint density at radius 3 is 2.28 bits per heavy atom. The molecule has 4 rings (SSSR count). The van der Waals surface area contributed by atoms with Gasteiger partial charge in [-0.25, -0.2) is 13.4 Å². The van der Waals surface area contributed by atoms with Crippen molar-refractivity contribution in [3.8, 4) is 0 Å². The summed E-state index contributed by atoms with van der Waals surface area (Å²) >= 11 is 1.30. The van der Waals surface area contributed by atoms with Crippen molar-refractivity contribution in [2.24, 2.45) is 0 Å². The molecule has 3 aromatic carbocycles. The van der Waals surface area contributed by atoms with Gasteiger partial charge in [-0.1, -0.05) is 60.2 Å². The quantitative estimate of drug-likeness (QED) is 0.409. The molecule has 0 fully saturated rings. The average Bonchev–Trinajstić information content (AvgIpc) is 3.17. The van der Waals surface area contributed by atoms with Gasteiger partial charge in [-0.15, -0.1) is 11.3 Å². The van der Waals surface area contributed by atoms with Gasteiger partial charge in [0, 0.05) is 0 Å². The Morgan fingerprint density at radius 1 is 0.931 bits per heavy atom. The first-order valence-electron chi connectivity index (χ1n) is 9.18. The van der Waals surface area contributed by atoms with Gasteiger partial charge < -0.3 is 0 Å². The minimum Gasteiger partial charge on any atom is -0.291 e. The zero-order chi connectivity index (χ0) is 20.4. The van der Waals surface area contributed by atoms with E-state index < -0.39 is 15.8 Å². The molecule has 146 valence electrons. The van der Waals surface area contributed by atoms with E-state index in [0.29, 0.717) is 10.6 Å². The molecule has 1 unspecified atom stereocenters. The van der Waals surface area contributed by atoms with Gasteiger partial charge in [0.05, 0.1) is 26.8 Å². The Morgan fingerprint density at radius 2 is 1.59 bits per heavy atom. The highest BCUT2D eigenvalue weighted by Crippen LogP contribution is 2.30. The molecular formula is C23H19NO3S2. The standard InChI is InChI=1S/C23H19NO3S2/c1-16-11-13-18(14-12-16)29(26,27)15-19(17-7-3-2-4-8-17)22(25)23-24-20-9-5-6-10-21(20)28-23/h2-14,19H,15H2,1H3. The fourth-order valence-electron chi connectivity index (χ4n) is 3.20. The molecule has 1 heterocycles. The summed E-state index contributed by atoms with van der Waals surface area (Å²) in [6.45, 7) is 1.90. The van der Waals surface area contributed by atoms with E-state index in [4.69, 9.17) is 0 Å². The maximum absolute atomic E-state index is 13.4. The highest BCUT2D eigenvalue weighted by atomic mass is 32.2. The third-order valence-electron chi connectivity index (χ3n) is 4.79. The molecule has 0 radical (unpaired) electrons. The largest absolute Gasteiger partial charge is 0.291 e. The predicted octanol–water partition coefficient (Wildman–Crippen LogP) is 5.05. The molecule has 0 spiro atoms. The van der Waals surface area contributed by atoms with Crippen molar-refractivity contribution in [3.63, 3.8) is 0 Å². The number of para-hydroxylation sites is 1. The minimum absolute atomic E-state index is 0.223. The number of hydrogen-bond donors (Lipinski definition) is 0. The van der Waals surface area contributed by atoms with Crippen LogP contribution >= 0.6 is 11.3 Å². The van der Waals surface area contributed by atoms with Gasteiger partial charge in [-0.05, 0) is 36.8 Å². The van der Waals surface area contributed by atoms with Gasteiger partial charge in [0.15, 0.2) is 20.6 Å². The second kappa shape index (κ2) is 7.89. The first-order chi connectivity index (χ1) is 13.9. The van der Waals surface area contributed by atoms with Gasteiger partial charge in [0.25, 0.3) is 0 Å². The van der Waals surface area contributed by atoms with Crippen LogP contribution in [0.1, 0.15) is 26.8 Å². The second-order valence-corrected chi connectivity index (χ2v) is 9.97. The maximum Gasteiger partial charge on any atom is 0.199 e.